The molecule has 0 spiro atoms. The Hall–Kier alpha value is -3.26. The standard InChI is InChI=1S/C20H23NO7/c1-12(28-20(26)14-4-6-15(27-2)7-5-14)11-21-16(19(24)25)9-13-3-8-17(22)18(23)10-13/h3-8,10,12,16,21-23H,9,11H2,1-2H3,(H,24,25)/t12?,16-/m0/s1. The van der Waals surface area contributed by atoms with Gasteiger partial charge in [-0.25, -0.2) is 4.79 Å². The summed E-state index contributed by atoms with van der Waals surface area (Å²) in [7, 11) is 1.53. The molecule has 2 aromatic rings. The second-order valence-corrected chi connectivity index (χ2v) is 6.27. The number of carbonyl (C=O) groups excluding carboxylic acids is 1. The summed E-state index contributed by atoms with van der Waals surface area (Å²) in [6, 6.07) is 9.63. The fraction of sp³-hybridized carbons (Fsp3) is 0.300. The predicted octanol–water partition coefficient (Wildman–Crippen LogP) is 1.94. The van der Waals surface area contributed by atoms with Crippen LogP contribution >= 0.6 is 0 Å². The van der Waals surface area contributed by atoms with Crippen LogP contribution in [-0.4, -0.2) is 53.1 Å². The number of aliphatic carboxylic acids is 1. The lowest BCUT2D eigenvalue weighted by Crippen LogP contribution is -2.42. The topological polar surface area (TPSA) is 125 Å². The van der Waals surface area contributed by atoms with Gasteiger partial charge >= 0.3 is 11.9 Å². The van der Waals surface area contributed by atoms with E-state index in [4.69, 9.17) is 9.47 Å². The molecule has 0 aliphatic heterocycles. The SMILES string of the molecule is COc1ccc(C(=O)OC(C)CN[C@@H](Cc2ccc(O)c(O)c2)C(=O)O)cc1. The zero-order chi connectivity index (χ0) is 20.7. The van der Waals surface area contributed by atoms with Gasteiger partial charge in [0.05, 0.1) is 12.7 Å². The molecule has 0 saturated carbocycles. The molecule has 0 saturated heterocycles. The normalized spacial score (nSPS) is 12.8. The van der Waals surface area contributed by atoms with Crippen LogP contribution in [0.5, 0.6) is 17.2 Å². The van der Waals surface area contributed by atoms with E-state index in [1.54, 1.807) is 31.2 Å². The lowest BCUT2D eigenvalue weighted by Gasteiger charge is -2.19. The maximum atomic E-state index is 12.1. The molecule has 8 heteroatoms. The third-order valence-corrected chi connectivity index (χ3v) is 4.06. The largest absolute Gasteiger partial charge is 0.504 e. The summed E-state index contributed by atoms with van der Waals surface area (Å²) in [5, 5.41) is 31.1. The predicted molar refractivity (Wildman–Crippen MR) is 101 cm³/mol. The van der Waals surface area contributed by atoms with Crippen molar-refractivity contribution in [3.8, 4) is 17.2 Å². The van der Waals surface area contributed by atoms with Gasteiger partial charge in [-0.2, -0.15) is 0 Å². The molecule has 2 rings (SSSR count). The number of rotatable bonds is 9. The number of carboxylic acids is 1. The van der Waals surface area contributed by atoms with Crippen molar-refractivity contribution in [3.63, 3.8) is 0 Å². The highest BCUT2D eigenvalue weighted by molar-refractivity contribution is 5.89. The molecule has 28 heavy (non-hydrogen) atoms. The molecule has 2 atom stereocenters. The first-order valence-corrected chi connectivity index (χ1v) is 8.62. The maximum Gasteiger partial charge on any atom is 0.338 e. The Morgan fingerprint density at radius 1 is 1.07 bits per heavy atom. The van der Waals surface area contributed by atoms with Crippen LogP contribution in [0.15, 0.2) is 42.5 Å². The number of phenolic OH excluding ortho intramolecular Hbond substituents is 2. The van der Waals surface area contributed by atoms with Crippen molar-refractivity contribution >= 4 is 11.9 Å². The van der Waals surface area contributed by atoms with Gasteiger partial charge in [-0.3, -0.25) is 4.79 Å². The average molecular weight is 389 g/mol. The fourth-order valence-corrected chi connectivity index (χ4v) is 2.51. The Kier molecular flexibility index (Phi) is 7.22. The first-order valence-electron chi connectivity index (χ1n) is 8.62. The molecule has 0 heterocycles. The summed E-state index contributed by atoms with van der Waals surface area (Å²) in [6.45, 7) is 1.78. The van der Waals surface area contributed by atoms with E-state index in [2.05, 4.69) is 5.32 Å². The van der Waals surface area contributed by atoms with E-state index in [9.17, 15) is 24.9 Å². The summed E-state index contributed by atoms with van der Waals surface area (Å²) in [5.74, 6) is -1.57. The molecule has 4 N–H and O–H groups in total. The van der Waals surface area contributed by atoms with E-state index >= 15 is 0 Å². The van der Waals surface area contributed by atoms with Crippen molar-refractivity contribution in [1.82, 2.24) is 5.32 Å². The summed E-state index contributed by atoms with van der Waals surface area (Å²) >= 11 is 0. The average Bonchev–Trinajstić information content (AvgIpc) is 2.67. The first-order chi connectivity index (χ1) is 13.3. The number of ether oxygens (including phenoxy) is 2. The van der Waals surface area contributed by atoms with Crippen LogP contribution in [0.2, 0.25) is 0 Å². The number of esters is 1. The minimum absolute atomic E-state index is 0.0856. The van der Waals surface area contributed by atoms with E-state index in [1.165, 1.54) is 25.3 Å². The van der Waals surface area contributed by atoms with Gasteiger partial charge < -0.3 is 30.1 Å². The third-order valence-electron chi connectivity index (χ3n) is 4.06. The number of benzene rings is 2. The number of hydrogen-bond acceptors (Lipinski definition) is 7. The minimum atomic E-state index is -1.08. The summed E-state index contributed by atoms with van der Waals surface area (Å²) < 4.78 is 10.3. The summed E-state index contributed by atoms with van der Waals surface area (Å²) in [6.07, 6.45) is -0.479. The van der Waals surface area contributed by atoms with Crippen LogP contribution in [0.1, 0.15) is 22.8 Å². The Balaban J connectivity index is 1.90. The Bertz CT molecular complexity index is 820. The number of methoxy groups -OCH3 is 1. The van der Waals surface area contributed by atoms with E-state index in [1.807, 2.05) is 0 Å². The van der Waals surface area contributed by atoms with Crippen LogP contribution in [0, 0.1) is 0 Å². The van der Waals surface area contributed by atoms with Crippen molar-refractivity contribution in [3.05, 3.63) is 53.6 Å². The Labute approximate surface area is 162 Å². The first kappa shape index (κ1) is 21.0. The van der Waals surface area contributed by atoms with Gasteiger partial charge in [0.1, 0.15) is 17.9 Å². The number of aromatic hydroxyl groups is 2. The second kappa shape index (κ2) is 9.61. The molecule has 0 amide bonds. The number of phenols is 2. The van der Waals surface area contributed by atoms with E-state index < -0.39 is 24.1 Å². The quantitative estimate of drug-likeness (QED) is 0.379. The minimum Gasteiger partial charge on any atom is -0.504 e. The van der Waals surface area contributed by atoms with Gasteiger partial charge in [-0.1, -0.05) is 6.07 Å². The Morgan fingerprint density at radius 2 is 1.75 bits per heavy atom. The lowest BCUT2D eigenvalue weighted by atomic mass is 10.1. The molecule has 0 radical (unpaired) electrons. The van der Waals surface area contributed by atoms with Gasteiger partial charge in [0, 0.05) is 6.54 Å². The highest BCUT2D eigenvalue weighted by Gasteiger charge is 2.20. The summed E-state index contributed by atoms with van der Waals surface area (Å²) in [4.78, 5) is 23.6. The molecular formula is C20H23NO7. The van der Waals surface area contributed by atoms with Crippen molar-refractivity contribution in [2.24, 2.45) is 0 Å². The number of carboxylic acid groups (broad SMARTS) is 1. The lowest BCUT2D eigenvalue weighted by molar-refractivity contribution is -0.139. The van der Waals surface area contributed by atoms with Crippen molar-refractivity contribution < 1.29 is 34.4 Å². The third kappa shape index (κ3) is 5.88. The molecule has 0 bridgehead atoms. The molecule has 8 nitrogen and oxygen atoms in total. The molecule has 0 aliphatic carbocycles. The van der Waals surface area contributed by atoms with E-state index in [0.29, 0.717) is 16.9 Å². The molecule has 0 aliphatic rings. The highest BCUT2D eigenvalue weighted by Crippen LogP contribution is 2.25. The zero-order valence-electron chi connectivity index (χ0n) is 15.6. The molecular weight excluding hydrogens is 366 g/mol. The van der Waals surface area contributed by atoms with Crippen molar-refractivity contribution in [2.75, 3.05) is 13.7 Å². The summed E-state index contributed by atoms with van der Waals surface area (Å²) in [5.41, 5.74) is 0.903. The van der Waals surface area contributed by atoms with Gasteiger partial charge in [-0.15, -0.1) is 0 Å². The number of nitrogens with one attached hydrogen (secondary N) is 1. The Morgan fingerprint density at radius 3 is 2.32 bits per heavy atom. The molecule has 0 fully saturated rings. The van der Waals surface area contributed by atoms with E-state index in [0.717, 1.165) is 0 Å². The van der Waals surface area contributed by atoms with Gasteiger partial charge in [0.15, 0.2) is 11.5 Å². The molecule has 0 aromatic heterocycles. The van der Waals surface area contributed by atoms with Gasteiger partial charge in [-0.05, 0) is 55.3 Å². The molecule has 1 unspecified atom stereocenters. The van der Waals surface area contributed by atoms with Crippen molar-refractivity contribution in [1.29, 1.82) is 0 Å². The zero-order valence-corrected chi connectivity index (χ0v) is 15.6. The van der Waals surface area contributed by atoms with Crippen LogP contribution in [0.3, 0.4) is 0 Å². The number of hydrogen-bond donors (Lipinski definition) is 4. The second-order valence-electron chi connectivity index (χ2n) is 6.27. The highest BCUT2D eigenvalue weighted by atomic mass is 16.5. The van der Waals surface area contributed by atoms with Crippen molar-refractivity contribution in [2.45, 2.75) is 25.5 Å². The van der Waals surface area contributed by atoms with Crippen LogP contribution in [0.4, 0.5) is 0 Å². The smallest absolute Gasteiger partial charge is 0.338 e. The van der Waals surface area contributed by atoms with E-state index in [-0.39, 0.29) is 24.5 Å². The maximum absolute atomic E-state index is 12.1. The van der Waals surface area contributed by atoms with Gasteiger partial charge in [0.2, 0.25) is 0 Å². The fourth-order valence-electron chi connectivity index (χ4n) is 2.51. The van der Waals surface area contributed by atoms with Gasteiger partial charge in [0.25, 0.3) is 0 Å². The monoisotopic (exact) mass is 389 g/mol. The molecule has 150 valence electrons. The number of carbonyl (C=O) groups is 2. The molecule has 2 aromatic carbocycles. The van der Waals surface area contributed by atoms with Crippen LogP contribution in [-0.2, 0) is 16.0 Å². The van der Waals surface area contributed by atoms with Crippen LogP contribution < -0.4 is 10.1 Å². The van der Waals surface area contributed by atoms with Crippen LogP contribution in [0.25, 0.3) is 0 Å².